The lowest BCUT2D eigenvalue weighted by Gasteiger charge is -2.15. The van der Waals surface area contributed by atoms with Crippen LogP contribution in [0.2, 0.25) is 0 Å². The van der Waals surface area contributed by atoms with E-state index in [4.69, 9.17) is 11.5 Å². The van der Waals surface area contributed by atoms with Crippen LogP contribution in [-0.4, -0.2) is 0 Å². The van der Waals surface area contributed by atoms with Crippen molar-refractivity contribution in [1.29, 1.82) is 0 Å². The quantitative estimate of drug-likeness (QED) is 0.345. The summed E-state index contributed by atoms with van der Waals surface area (Å²) >= 11 is 0. The molecule has 0 bridgehead atoms. The van der Waals surface area contributed by atoms with Gasteiger partial charge in [-0.2, -0.15) is 0 Å². The van der Waals surface area contributed by atoms with E-state index in [1.165, 1.54) is 62.5 Å². The molecule has 1 rings (SSSR count). The summed E-state index contributed by atoms with van der Waals surface area (Å²) in [6, 6.07) is 3.97. The average Bonchev–Trinajstić information content (AvgIpc) is 2.51. The maximum atomic E-state index is 6.27. The standard InChI is InChI=1S/C22H40N2/c1-17(2)11-7-5-9-13-19-20(22(24)16-15-21(19)23)14-10-6-8-12-18(3)4/h15-18H,5-14,23-24H2,1-4H3. The Morgan fingerprint density at radius 3 is 1.33 bits per heavy atom. The molecule has 0 aliphatic heterocycles. The Labute approximate surface area is 150 Å². The summed E-state index contributed by atoms with van der Waals surface area (Å²) in [5.74, 6) is 1.62. The van der Waals surface area contributed by atoms with Crippen LogP contribution in [0.15, 0.2) is 12.1 Å². The van der Waals surface area contributed by atoms with Gasteiger partial charge in [0.15, 0.2) is 0 Å². The molecule has 0 heterocycles. The molecule has 24 heavy (non-hydrogen) atoms. The van der Waals surface area contributed by atoms with Crippen molar-refractivity contribution in [3.8, 4) is 0 Å². The summed E-state index contributed by atoms with van der Waals surface area (Å²) in [5, 5.41) is 0. The molecule has 0 fully saturated rings. The Morgan fingerprint density at radius 2 is 1.00 bits per heavy atom. The molecule has 0 saturated carbocycles. The maximum absolute atomic E-state index is 6.27. The fraction of sp³-hybridized carbons (Fsp3) is 0.727. The van der Waals surface area contributed by atoms with E-state index in [1.54, 1.807) is 0 Å². The molecule has 4 N–H and O–H groups in total. The van der Waals surface area contributed by atoms with Crippen molar-refractivity contribution in [2.75, 3.05) is 11.5 Å². The minimum absolute atomic E-state index is 0.809. The molecule has 0 saturated heterocycles. The molecule has 1 aromatic rings. The normalized spacial score (nSPS) is 11.6. The third-order valence-corrected chi connectivity index (χ3v) is 4.92. The largest absolute Gasteiger partial charge is 0.398 e. The molecule has 2 nitrogen and oxygen atoms in total. The molecule has 0 atom stereocenters. The minimum Gasteiger partial charge on any atom is -0.398 e. The van der Waals surface area contributed by atoms with Gasteiger partial charge in [0.05, 0.1) is 0 Å². The highest BCUT2D eigenvalue weighted by atomic mass is 14.6. The first-order chi connectivity index (χ1) is 11.4. The number of hydrogen-bond donors (Lipinski definition) is 2. The van der Waals surface area contributed by atoms with Crippen LogP contribution in [0, 0.1) is 11.8 Å². The summed E-state index contributed by atoms with van der Waals surface area (Å²) in [6.07, 6.45) is 12.5. The van der Waals surface area contributed by atoms with Gasteiger partial charge in [-0.15, -0.1) is 0 Å². The van der Waals surface area contributed by atoms with Crippen molar-refractivity contribution in [3.05, 3.63) is 23.3 Å². The number of nitrogen functional groups attached to an aromatic ring is 2. The van der Waals surface area contributed by atoms with Gasteiger partial charge in [0.2, 0.25) is 0 Å². The Balaban J connectivity index is 2.52. The molecule has 0 radical (unpaired) electrons. The predicted octanol–water partition coefficient (Wildman–Crippen LogP) is 6.37. The number of anilines is 2. The van der Waals surface area contributed by atoms with E-state index in [1.807, 2.05) is 12.1 Å². The van der Waals surface area contributed by atoms with Gasteiger partial charge in [0.1, 0.15) is 0 Å². The monoisotopic (exact) mass is 332 g/mol. The highest BCUT2D eigenvalue weighted by Gasteiger charge is 2.10. The third kappa shape index (κ3) is 8.08. The van der Waals surface area contributed by atoms with Gasteiger partial charge >= 0.3 is 0 Å². The Kier molecular flexibility index (Phi) is 9.90. The van der Waals surface area contributed by atoms with E-state index < -0.39 is 0 Å². The second-order valence-electron chi connectivity index (χ2n) is 8.19. The zero-order valence-electron chi connectivity index (χ0n) is 16.5. The van der Waals surface area contributed by atoms with E-state index in [0.29, 0.717) is 0 Å². The molecule has 0 aliphatic carbocycles. The topological polar surface area (TPSA) is 52.0 Å². The number of benzene rings is 1. The fourth-order valence-electron chi connectivity index (χ4n) is 3.38. The third-order valence-electron chi connectivity index (χ3n) is 4.92. The number of unbranched alkanes of at least 4 members (excludes halogenated alkanes) is 4. The molecule has 0 unspecified atom stereocenters. The second kappa shape index (κ2) is 11.4. The van der Waals surface area contributed by atoms with Crippen molar-refractivity contribution >= 4 is 11.4 Å². The van der Waals surface area contributed by atoms with Gasteiger partial charge in [-0.1, -0.05) is 66.2 Å². The Morgan fingerprint density at radius 1 is 0.625 bits per heavy atom. The van der Waals surface area contributed by atoms with Crippen LogP contribution < -0.4 is 11.5 Å². The molecule has 0 aliphatic rings. The SMILES string of the molecule is CC(C)CCCCCc1c(N)ccc(N)c1CCCCCC(C)C. The molecule has 2 heteroatoms. The lowest BCUT2D eigenvalue weighted by Crippen LogP contribution is -2.05. The molecule has 0 spiro atoms. The van der Waals surface area contributed by atoms with E-state index in [2.05, 4.69) is 27.7 Å². The summed E-state index contributed by atoms with van der Waals surface area (Å²) in [7, 11) is 0. The van der Waals surface area contributed by atoms with Crippen LogP contribution >= 0.6 is 0 Å². The van der Waals surface area contributed by atoms with Gasteiger partial charge in [-0.3, -0.25) is 0 Å². The maximum Gasteiger partial charge on any atom is 0.0350 e. The van der Waals surface area contributed by atoms with Gasteiger partial charge in [-0.05, 0) is 60.8 Å². The van der Waals surface area contributed by atoms with Crippen LogP contribution in [0.4, 0.5) is 11.4 Å². The van der Waals surface area contributed by atoms with Gasteiger partial charge in [0.25, 0.3) is 0 Å². The fourth-order valence-corrected chi connectivity index (χ4v) is 3.38. The average molecular weight is 333 g/mol. The first-order valence-electron chi connectivity index (χ1n) is 10.1. The number of rotatable bonds is 12. The number of nitrogens with two attached hydrogens (primary N) is 2. The lowest BCUT2D eigenvalue weighted by atomic mass is 9.93. The highest BCUT2D eigenvalue weighted by molar-refractivity contribution is 5.62. The molecule has 0 aromatic heterocycles. The highest BCUT2D eigenvalue weighted by Crippen LogP contribution is 2.27. The van der Waals surface area contributed by atoms with Crippen LogP contribution in [0.1, 0.15) is 90.2 Å². The Hall–Kier alpha value is -1.18. The van der Waals surface area contributed by atoms with Crippen molar-refractivity contribution in [2.45, 2.75) is 91.9 Å². The van der Waals surface area contributed by atoms with Crippen LogP contribution in [0.5, 0.6) is 0 Å². The predicted molar refractivity (Wildman–Crippen MR) is 109 cm³/mol. The van der Waals surface area contributed by atoms with Crippen LogP contribution in [0.3, 0.4) is 0 Å². The first kappa shape index (κ1) is 20.9. The Bertz CT molecular complexity index is 420. The summed E-state index contributed by atoms with van der Waals surface area (Å²) in [4.78, 5) is 0. The van der Waals surface area contributed by atoms with Gasteiger partial charge in [-0.25, -0.2) is 0 Å². The van der Waals surface area contributed by atoms with Gasteiger partial charge < -0.3 is 11.5 Å². The molecule has 0 amide bonds. The van der Waals surface area contributed by atoms with Crippen LogP contribution in [-0.2, 0) is 12.8 Å². The van der Waals surface area contributed by atoms with Crippen LogP contribution in [0.25, 0.3) is 0 Å². The summed E-state index contributed by atoms with van der Waals surface area (Å²) in [5.41, 5.74) is 17.1. The second-order valence-corrected chi connectivity index (χ2v) is 8.19. The van der Waals surface area contributed by atoms with Crippen molar-refractivity contribution in [1.82, 2.24) is 0 Å². The molecular weight excluding hydrogens is 292 g/mol. The van der Waals surface area contributed by atoms with E-state index in [9.17, 15) is 0 Å². The molecular formula is C22H40N2. The number of hydrogen-bond acceptors (Lipinski definition) is 2. The zero-order chi connectivity index (χ0) is 17.9. The van der Waals surface area contributed by atoms with Gasteiger partial charge in [0, 0.05) is 11.4 Å². The summed E-state index contributed by atoms with van der Waals surface area (Å²) < 4.78 is 0. The minimum atomic E-state index is 0.809. The van der Waals surface area contributed by atoms with Crippen molar-refractivity contribution in [2.24, 2.45) is 11.8 Å². The van der Waals surface area contributed by atoms with E-state index >= 15 is 0 Å². The smallest absolute Gasteiger partial charge is 0.0350 e. The molecule has 1 aromatic carbocycles. The first-order valence-corrected chi connectivity index (χ1v) is 10.1. The summed E-state index contributed by atoms with van der Waals surface area (Å²) in [6.45, 7) is 9.20. The van der Waals surface area contributed by atoms with Crippen molar-refractivity contribution in [3.63, 3.8) is 0 Å². The van der Waals surface area contributed by atoms with Crippen molar-refractivity contribution < 1.29 is 0 Å². The molecule has 138 valence electrons. The lowest BCUT2D eigenvalue weighted by molar-refractivity contribution is 0.524. The zero-order valence-corrected chi connectivity index (χ0v) is 16.5. The van der Waals surface area contributed by atoms with E-state index in [-0.39, 0.29) is 0 Å². The van der Waals surface area contributed by atoms with E-state index in [0.717, 1.165) is 36.1 Å².